The molecular formula is C14H17NO5. The van der Waals surface area contributed by atoms with Crippen molar-refractivity contribution in [3.05, 3.63) is 24.3 Å². The lowest BCUT2D eigenvalue weighted by atomic mass is 10.2. The number of para-hydroxylation sites is 2. The molecule has 0 radical (unpaired) electrons. The Labute approximate surface area is 117 Å². The van der Waals surface area contributed by atoms with Crippen molar-refractivity contribution in [2.45, 2.75) is 18.9 Å². The molecule has 6 nitrogen and oxygen atoms in total. The zero-order valence-corrected chi connectivity index (χ0v) is 11.3. The van der Waals surface area contributed by atoms with Crippen molar-refractivity contribution in [1.82, 2.24) is 5.32 Å². The zero-order chi connectivity index (χ0) is 14.4. The van der Waals surface area contributed by atoms with Gasteiger partial charge in [0.2, 0.25) is 6.10 Å². The Bertz CT molecular complexity index is 488. The molecule has 0 bridgehead atoms. The van der Waals surface area contributed by atoms with E-state index in [4.69, 9.17) is 9.47 Å². The van der Waals surface area contributed by atoms with Gasteiger partial charge in [0.1, 0.15) is 6.61 Å². The number of nitrogens with one attached hydrogen (secondary N) is 1. The zero-order valence-electron chi connectivity index (χ0n) is 11.3. The monoisotopic (exact) mass is 279 g/mol. The summed E-state index contributed by atoms with van der Waals surface area (Å²) < 4.78 is 15.5. The lowest BCUT2D eigenvalue weighted by Crippen LogP contribution is -2.44. The lowest BCUT2D eigenvalue weighted by Gasteiger charge is -2.25. The van der Waals surface area contributed by atoms with Gasteiger partial charge in [0, 0.05) is 13.0 Å². The molecule has 2 rings (SSSR count). The number of carbonyl (C=O) groups excluding carboxylic acids is 2. The first-order valence-electron chi connectivity index (χ1n) is 6.43. The van der Waals surface area contributed by atoms with Crippen molar-refractivity contribution in [3.63, 3.8) is 0 Å². The quantitative estimate of drug-likeness (QED) is 0.640. The van der Waals surface area contributed by atoms with E-state index in [1.165, 1.54) is 7.11 Å². The van der Waals surface area contributed by atoms with Crippen molar-refractivity contribution in [2.24, 2.45) is 0 Å². The molecule has 1 aromatic carbocycles. The largest absolute Gasteiger partial charge is 0.485 e. The summed E-state index contributed by atoms with van der Waals surface area (Å²) in [4.78, 5) is 22.8. The minimum absolute atomic E-state index is 0.180. The van der Waals surface area contributed by atoms with Crippen LogP contribution in [0.15, 0.2) is 24.3 Å². The molecule has 1 aliphatic rings. The highest BCUT2D eigenvalue weighted by Gasteiger charge is 2.26. The Morgan fingerprint density at radius 2 is 2.10 bits per heavy atom. The van der Waals surface area contributed by atoms with E-state index in [0.29, 0.717) is 24.5 Å². The minimum Gasteiger partial charge on any atom is -0.485 e. The molecule has 1 unspecified atom stereocenters. The van der Waals surface area contributed by atoms with Gasteiger partial charge in [-0.15, -0.1) is 0 Å². The van der Waals surface area contributed by atoms with Crippen molar-refractivity contribution in [3.8, 4) is 11.5 Å². The highest BCUT2D eigenvalue weighted by atomic mass is 16.6. The molecule has 1 aliphatic heterocycles. The number of carbonyl (C=O) groups is 2. The summed E-state index contributed by atoms with van der Waals surface area (Å²) in [6.45, 7) is 0.579. The van der Waals surface area contributed by atoms with E-state index in [2.05, 4.69) is 10.1 Å². The van der Waals surface area contributed by atoms with Crippen LogP contribution in [0.1, 0.15) is 12.8 Å². The molecule has 0 spiro atoms. The molecule has 1 amide bonds. The van der Waals surface area contributed by atoms with Crippen molar-refractivity contribution in [1.29, 1.82) is 0 Å². The van der Waals surface area contributed by atoms with Crippen LogP contribution in [0.5, 0.6) is 11.5 Å². The fourth-order valence-corrected chi connectivity index (χ4v) is 1.81. The normalized spacial score (nSPS) is 16.4. The minimum atomic E-state index is -0.664. The maximum atomic E-state index is 11.9. The van der Waals surface area contributed by atoms with E-state index in [-0.39, 0.29) is 24.9 Å². The first-order chi connectivity index (χ1) is 9.70. The third-order valence-corrected chi connectivity index (χ3v) is 2.89. The summed E-state index contributed by atoms with van der Waals surface area (Å²) in [5, 5.41) is 2.71. The number of esters is 1. The molecule has 1 heterocycles. The number of rotatable bonds is 5. The topological polar surface area (TPSA) is 73.9 Å². The lowest BCUT2D eigenvalue weighted by molar-refractivity contribution is -0.141. The average Bonchev–Trinajstić information content (AvgIpc) is 2.50. The number of fused-ring (bicyclic) bond motifs is 1. The SMILES string of the molecule is COC(=O)CCCNC(=O)C1COc2ccccc2O1. The van der Waals surface area contributed by atoms with Gasteiger partial charge in [-0.2, -0.15) is 0 Å². The average molecular weight is 279 g/mol. The van der Waals surface area contributed by atoms with Crippen LogP contribution in [-0.4, -0.2) is 38.2 Å². The molecule has 0 aliphatic carbocycles. The van der Waals surface area contributed by atoms with E-state index in [0.717, 1.165) is 0 Å². The van der Waals surface area contributed by atoms with Crippen LogP contribution in [0.3, 0.4) is 0 Å². The number of benzene rings is 1. The maximum Gasteiger partial charge on any atom is 0.305 e. The predicted octanol–water partition coefficient (Wildman–Crippen LogP) is 0.896. The van der Waals surface area contributed by atoms with Gasteiger partial charge in [0.05, 0.1) is 7.11 Å². The van der Waals surface area contributed by atoms with Gasteiger partial charge in [-0.1, -0.05) is 12.1 Å². The van der Waals surface area contributed by atoms with Crippen LogP contribution in [0, 0.1) is 0 Å². The second-order valence-electron chi connectivity index (χ2n) is 4.33. The van der Waals surface area contributed by atoms with E-state index < -0.39 is 6.10 Å². The van der Waals surface area contributed by atoms with Gasteiger partial charge in [-0.25, -0.2) is 0 Å². The maximum absolute atomic E-state index is 11.9. The second kappa shape index (κ2) is 6.79. The highest BCUT2D eigenvalue weighted by Crippen LogP contribution is 2.30. The van der Waals surface area contributed by atoms with Crippen LogP contribution in [0.2, 0.25) is 0 Å². The van der Waals surface area contributed by atoms with E-state index in [1.54, 1.807) is 12.1 Å². The Morgan fingerprint density at radius 3 is 2.85 bits per heavy atom. The summed E-state index contributed by atoms with van der Waals surface area (Å²) in [7, 11) is 1.34. The molecule has 108 valence electrons. The number of ether oxygens (including phenoxy) is 3. The van der Waals surface area contributed by atoms with Gasteiger partial charge in [-0.05, 0) is 18.6 Å². The number of hydrogen-bond acceptors (Lipinski definition) is 5. The van der Waals surface area contributed by atoms with Crippen molar-refractivity contribution in [2.75, 3.05) is 20.3 Å². The molecule has 0 saturated heterocycles. The number of amides is 1. The standard InChI is InChI=1S/C14H17NO5/c1-18-13(16)7-4-8-15-14(17)12-9-19-10-5-2-3-6-11(10)20-12/h2-3,5-6,12H,4,7-9H2,1H3,(H,15,17). The molecule has 0 saturated carbocycles. The molecule has 0 aromatic heterocycles. The third kappa shape index (κ3) is 3.63. The molecule has 6 heteroatoms. The van der Waals surface area contributed by atoms with Gasteiger partial charge < -0.3 is 19.5 Å². The van der Waals surface area contributed by atoms with Crippen molar-refractivity contribution >= 4 is 11.9 Å². The van der Waals surface area contributed by atoms with E-state index in [9.17, 15) is 9.59 Å². The van der Waals surface area contributed by atoms with Crippen LogP contribution < -0.4 is 14.8 Å². The Morgan fingerprint density at radius 1 is 1.35 bits per heavy atom. The van der Waals surface area contributed by atoms with Crippen LogP contribution >= 0.6 is 0 Å². The van der Waals surface area contributed by atoms with Gasteiger partial charge >= 0.3 is 5.97 Å². The Balaban J connectivity index is 1.76. The summed E-state index contributed by atoms with van der Waals surface area (Å²) in [6.07, 6.45) is 0.146. The summed E-state index contributed by atoms with van der Waals surface area (Å²) in [5.74, 6) is 0.672. The highest BCUT2D eigenvalue weighted by molar-refractivity contribution is 5.81. The van der Waals surface area contributed by atoms with E-state index >= 15 is 0 Å². The fourth-order valence-electron chi connectivity index (χ4n) is 1.81. The Kier molecular flexibility index (Phi) is 4.81. The summed E-state index contributed by atoms with van der Waals surface area (Å²) in [6, 6.07) is 7.21. The summed E-state index contributed by atoms with van der Waals surface area (Å²) in [5.41, 5.74) is 0. The van der Waals surface area contributed by atoms with E-state index in [1.807, 2.05) is 12.1 Å². The molecule has 1 N–H and O–H groups in total. The van der Waals surface area contributed by atoms with Gasteiger partial charge in [-0.3, -0.25) is 9.59 Å². The molecule has 20 heavy (non-hydrogen) atoms. The first-order valence-corrected chi connectivity index (χ1v) is 6.43. The van der Waals surface area contributed by atoms with Gasteiger partial charge in [0.15, 0.2) is 11.5 Å². The van der Waals surface area contributed by atoms with Crippen LogP contribution in [-0.2, 0) is 14.3 Å². The predicted molar refractivity (Wildman–Crippen MR) is 70.6 cm³/mol. The second-order valence-corrected chi connectivity index (χ2v) is 4.33. The van der Waals surface area contributed by atoms with Crippen molar-refractivity contribution < 1.29 is 23.8 Å². The first kappa shape index (κ1) is 14.2. The fraction of sp³-hybridized carbons (Fsp3) is 0.429. The molecule has 1 aromatic rings. The molecule has 0 fully saturated rings. The van der Waals surface area contributed by atoms with Crippen LogP contribution in [0.4, 0.5) is 0 Å². The number of methoxy groups -OCH3 is 1. The number of hydrogen-bond donors (Lipinski definition) is 1. The van der Waals surface area contributed by atoms with Crippen LogP contribution in [0.25, 0.3) is 0 Å². The summed E-state index contributed by atoms with van der Waals surface area (Å²) >= 11 is 0. The molecule has 1 atom stereocenters. The molecular weight excluding hydrogens is 262 g/mol. The van der Waals surface area contributed by atoms with Gasteiger partial charge in [0.25, 0.3) is 5.91 Å². The smallest absolute Gasteiger partial charge is 0.305 e. The third-order valence-electron chi connectivity index (χ3n) is 2.89. The Hall–Kier alpha value is -2.24.